The molecule has 1 aromatic rings. The van der Waals surface area contributed by atoms with Gasteiger partial charge in [0.05, 0.1) is 18.5 Å². The van der Waals surface area contributed by atoms with Gasteiger partial charge in [-0.15, -0.1) is 0 Å². The summed E-state index contributed by atoms with van der Waals surface area (Å²) in [5.41, 5.74) is 2.12. The van der Waals surface area contributed by atoms with E-state index < -0.39 is 0 Å². The lowest BCUT2D eigenvalue weighted by Crippen LogP contribution is -3.00. The number of hydrogen-bond donors (Lipinski definition) is 0. The summed E-state index contributed by atoms with van der Waals surface area (Å²) in [5.74, 6) is 0. The molecule has 0 spiro atoms. The number of rotatable bonds is 22. The zero-order valence-electron chi connectivity index (χ0n) is 21.6. The molecule has 0 unspecified atom stereocenters. The molecule has 1 saturated heterocycles. The highest BCUT2D eigenvalue weighted by atomic mass is 79.9. The Morgan fingerprint density at radius 3 is 2.15 bits per heavy atom. The Morgan fingerprint density at radius 1 is 0.941 bits per heavy atom. The van der Waals surface area contributed by atoms with Gasteiger partial charge in [-0.1, -0.05) is 102 Å². The molecule has 2 rings (SSSR count). The maximum Gasteiger partial charge on any atom is 0.410 e. The molecule has 0 radical (unpaired) electrons. The number of ether oxygens (including phenoxy) is 2. The van der Waals surface area contributed by atoms with Crippen LogP contribution in [0.2, 0.25) is 0 Å². The summed E-state index contributed by atoms with van der Waals surface area (Å²) in [4.78, 5) is 13.9. The Labute approximate surface area is 223 Å². The van der Waals surface area contributed by atoms with Gasteiger partial charge >= 0.3 is 6.09 Å². The number of aryl methyl sites for hydroxylation is 1. The largest absolute Gasteiger partial charge is 1.00 e. The van der Waals surface area contributed by atoms with Crippen molar-refractivity contribution in [2.45, 2.75) is 122 Å². The van der Waals surface area contributed by atoms with Crippen LogP contribution in [0.15, 0.2) is 17.1 Å². The number of aromatic nitrogens is 1. The van der Waals surface area contributed by atoms with E-state index in [1.54, 1.807) is 11.3 Å². The molecule has 0 N–H and O–H groups in total. The smallest absolute Gasteiger partial charge is 0.410 e. The average molecular weight is 562 g/mol. The molecule has 34 heavy (non-hydrogen) atoms. The summed E-state index contributed by atoms with van der Waals surface area (Å²) in [6.07, 6.45) is 23.1. The van der Waals surface area contributed by atoms with Crippen molar-refractivity contribution in [2.24, 2.45) is 0 Å². The number of hydrogen-bond acceptors (Lipinski definition) is 4. The molecule has 0 aromatic carbocycles. The minimum atomic E-state index is -0.178. The molecule has 198 valence electrons. The third-order valence-corrected chi connectivity index (χ3v) is 7.19. The van der Waals surface area contributed by atoms with Crippen molar-refractivity contribution >= 4 is 17.4 Å². The van der Waals surface area contributed by atoms with Gasteiger partial charge in [-0.05, 0) is 12.8 Å². The Morgan fingerprint density at radius 2 is 1.56 bits per heavy atom. The molecule has 7 heteroatoms. The molecule has 1 amide bonds. The van der Waals surface area contributed by atoms with Gasteiger partial charge in [-0.25, -0.2) is 4.79 Å². The van der Waals surface area contributed by atoms with E-state index in [9.17, 15) is 4.79 Å². The number of thiazole rings is 1. The number of carbonyl (C=O) groups excluding carboxylic acids is 1. The number of cyclic esters (lactones) is 1. The fraction of sp³-hybridized carbons (Fsp3) is 0.852. The molecule has 0 bridgehead atoms. The first-order valence-corrected chi connectivity index (χ1v) is 14.7. The first kappa shape index (κ1) is 31.4. The molecule has 1 atom stereocenters. The van der Waals surface area contributed by atoms with Crippen LogP contribution in [0.25, 0.3) is 0 Å². The van der Waals surface area contributed by atoms with E-state index in [1.807, 2.05) is 4.90 Å². The molecule has 2 heterocycles. The second-order valence-corrected chi connectivity index (χ2v) is 10.3. The molecule has 1 aliphatic rings. The number of unbranched alkanes of at least 4 members (excludes halogenated alkanes) is 14. The maximum atomic E-state index is 12.0. The minimum Gasteiger partial charge on any atom is -1.00 e. The summed E-state index contributed by atoms with van der Waals surface area (Å²) in [6.45, 7) is 6.06. The fourth-order valence-electron chi connectivity index (χ4n) is 4.44. The van der Waals surface area contributed by atoms with Gasteiger partial charge in [0, 0.05) is 19.6 Å². The molecule has 0 aliphatic carbocycles. The van der Waals surface area contributed by atoms with E-state index >= 15 is 0 Å². The van der Waals surface area contributed by atoms with Crippen LogP contribution in [0.1, 0.15) is 110 Å². The Kier molecular flexibility index (Phi) is 19.9. The monoisotopic (exact) mass is 560 g/mol. The third-order valence-electron chi connectivity index (χ3n) is 6.52. The van der Waals surface area contributed by atoms with Crippen LogP contribution in [0.4, 0.5) is 4.79 Å². The normalized spacial score (nSPS) is 15.5. The van der Waals surface area contributed by atoms with Gasteiger partial charge in [0.1, 0.15) is 12.6 Å². The van der Waals surface area contributed by atoms with Crippen LogP contribution in [0, 0.1) is 0 Å². The lowest BCUT2D eigenvalue weighted by molar-refractivity contribution is -0.692. The maximum absolute atomic E-state index is 12.0. The molecule has 1 fully saturated rings. The molecular weight excluding hydrogens is 512 g/mol. The van der Waals surface area contributed by atoms with E-state index in [0.717, 1.165) is 39.0 Å². The van der Waals surface area contributed by atoms with Crippen LogP contribution in [0.3, 0.4) is 0 Å². The van der Waals surface area contributed by atoms with Crippen LogP contribution < -0.4 is 21.5 Å². The summed E-state index contributed by atoms with van der Waals surface area (Å²) in [6, 6.07) is 0. The number of nitrogens with zero attached hydrogens (tertiary/aromatic N) is 2. The fourth-order valence-corrected chi connectivity index (χ4v) is 5.07. The summed E-state index contributed by atoms with van der Waals surface area (Å²) in [7, 11) is 0. The number of carbonyl (C=O) groups is 1. The highest BCUT2D eigenvalue weighted by molar-refractivity contribution is 7.07. The van der Waals surface area contributed by atoms with Crippen molar-refractivity contribution in [3.8, 4) is 0 Å². The van der Waals surface area contributed by atoms with Crippen LogP contribution in [-0.4, -0.2) is 43.4 Å². The lowest BCUT2D eigenvalue weighted by atomic mass is 10.0. The topological polar surface area (TPSA) is 42.7 Å². The molecule has 1 aromatic heterocycles. The quantitative estimate of drug-likeness (QED) is 0.158. The van der Waals surface area contributed by atoms with Gasteiger partial charge in [-0.2, -0.15) is 4.57 Å². The molecule has 0 saturated carbocycles. The van der Waals surface area contributed by atoms with E-state index in [0.29, 0.717) is 13.2 Å². The van der Waals surface area contributed by atoms with E-state index in [-0.39, 0.29) is 29.2 Å². The SMILES string of the molecule is CCCCCCCCCCCCCCCCOC[C@H]1CN(CCCC[n+]2ccsc2)C(=O)O1.[Br-]. The van der Waals surface area contributed by atoms with E-state index in [4.69, 9.17) is 9.47 Å². The number of halogens is 1. The second kappa shape index (κ2) is 21.6. The van der Waals surface area contributed by atoms with Gasteiger partial charge in [0.15, 0.2) is 6.20 Å². The lowest BCUT2D eigenvalue weighted by Gasteiger charge is -2.12. The van der Waals surface area contributed by atoms with Gasteiger partial charge in [0.25, 0.3) is 0 Å². The first-order valence-electron chi connectivity index (χ1n) is 13.7. The van der Waals surface area contributed by atoms with Crippen molar-refractivity contribution < 1.29 is 35.8 Å². The third kappa shape index (κ3) is 15.4. The van der Waals surface area contributed by atoms with Crippen LogP contribution in [0.5, 0.6) is 0 Å². The first-order chi connectivity index (χ1) is 16.3. The van der Waals surface area contributed by atoms with Crippen LogP contribution in [-0.2, 0) is 16.0 Å². The van der Waals surface area contributed by atoms with Crippen molar-refractivity contribution in [1.29, 1.82) is 0 Å². The standard InChI is InChI=1S/C27H49N2O3S.BrH/c1-2-3-4-5-6-7-8-9-10-11-12-13-14-17-21-31-24-26-23-29(27(30)32-26)19-16-15-18-28-20-22-33-25-28;/h20,22,25-26H,2-19,21,23-24H2,1H3;1H/q+1;/p-1/t26-;/m1./s1. The molecule has 1 aliphatic heterocycles. The van der Waals surface area contributed by atoms with E-state index in [2.05, 4.69) is 28.6 Å². The highest BCUT2D eigenvalue weighted by Gasteiger charge is 2.30. The summed E-state index contributed by atoms with van der Waals surface area (Å²) < 4.78 is 13.4. The summed E-state index contributed by atoms with van der Waals surface area (Å²) in [5, 5.41) is 2.08. The predicted molar refractivity (Wildman–Crippen MR) is 137 cm³/mol. The van der Waals surface area contributed by atoms with Crippen molar-refractivity contribution in [1.82, 2.24) is 4.90 Å². The molecular formula is C27H49BrN2O3S. The van der Waals surface area contributed by atoms with Crippen molar-refractivity contribution in [2.75, 3.05) is 26.3 Å². The Hall–Kier alpha value is -0.660. The highest BCUT2D eigenvalue weighted by Crippen LogP contribution is 2.14. The molecule has 5 nitrogen and oxygen atoms in total. The summed E-state index contributed by atoms with van der Waals surface area (Å²) >= 11 is 1.71. The van der Waals surface area contributed by atoms with Crippen molar-refractivity contribution in [3.05, 3.63) is 17.1 Å². The van der Waals surface area contributed by atoms with Gasteiger partial charge in [-0.3, -0.25) is 0 Å². The second-order valence-electron chi connectivity index (χ2n) is 9.59. The van der Waals surface area contributed by atoms with Gasteiger partial charge in [0.2, 0.25) is 5.51 Å². The zero-order valence-corrected chi connectivity index (χ0v) is 24.0. The van der Waals surface area contributed by atoms with Crippen molar-refractivity contribution in [3.63, 3.8) is 0 Å². The predicted octanol–water partition coefficient (Wildman–Crippen LogP) is 4.14. The van der Waals surface area contributed by atoms with Gasteiger partial charge < -0.3 is 31.4 Å². The minimum absolute atomic E-state index is 0. The van der Waals surface area contributed by atoms with E-state index in [1.165, 1.54) is 83.5 Å². The Bertz CT molecular complexity index is 588. The number of amides is 1. The van der Waals surface area contributed by atoms with Crippen LogP contribution >= 0.6 is 11.3 Å². The Balaban J connectivity index is 0.00000578. The average Bonchev–Trinajstić information content (AvgIpc) is 3.46. The zero-order chi connectivity index (χ0) is 23.4.